The largest absolute Gasteiger partial charge is 0.493 e. The van der Waals surface area contributed by atoms with Crippen molar-refractivity contribution < 1.29 is 19.0 Å². The maximum atomic E-state index is 12.7. The number of hydrogen-bond acceptors (Lipinski definition) is 6. The number of thiazole rings is 1. The van der Waals surface area contributed by atoms with E-state index in [4.69, 9.17) is 14.2 Å². The molecule has 0 aliphatic carbocycles. The van der Waals surface area contributed by atoms with Crippen LogP contribution < -0.4 is 19.5 Å². The number of carbonyl (C=O) groups excluding carboxylic acids is 1. The summed E-state index contributed by atoms with van der Waals surface area (Å²) in [7, 11) is 1.54. The van der Waals surface area contributed by atoms with Crippen LogP contribution in [0.5, 0.6) is 17.2 Å². The van der Waals surface area contributed by atoms with Gasteiger partial charge in [-0.2, -0.15) is 0 Å². The third-order valence-corrected chi connectivity index (χ3v) is 4.52. The Balaban J connectivity index is 1.72. The number of para-hydroxylation sites is 2. The fourth-order valence-corrected chi connectivity index (χ4v) is 3.03. The standard InChI is InChI=1S/C21H22N2O4S/c1-3-10-26-18-7-5-4-6-17(18)23-21(24)15-8-9-19(20(11-15)25-2)27-12-16-13-28-14-22-16/h4-9,11,13-14H,3,10,12H2,1-2H3,(H,23,24). The van der Waals surface area contributed by atoms with Crippen LogP contribution in [0.25, 0.3) is 0 Å². The number of methoxy groups -OCH3 is 1. The second kappa shape index (κ2) is 9.75. The zero-order valence-electron chi connectivity index (χ0n) is 15.8. The number of carbonyl (C=O) groups is 1. The molecule has 0 saturated carbocycles. The third-order valence-electron chi connectivity index (χ3n) is 3.88. The summed E-state index contributed by atoms with van der Waals surface area (Å²) in [5.41, 5.74) is 3.69. The van der Waals surface area contributed by atoms with Crippen LogP contribution in [-0.4, -0.2) is 24.6 Å². The summed E-state index contributed by atoms with van der Waals surface area (Å²) < 4.78 is 16.8. The molecule has 0 spiro atoms. The second-order valence-electron chi connectivity index (χ2n) is 5.93. The first kappa shape index (κ1) is 19.7. The van der Waals surface area contributed by atoms with Gasteiger partial charge >= 0.3 is 0 Å². The van der Waals surface area contributed by atoms with Gasteiger partial charge in [0.2, 0.25) is 0 Å². The van der Waals surface area contributed by atoms with Crippen molar-refractivity contribution in [2.75, 3.05) is 19.0 Å². The molecule has 0 atom stereocenters. The van der Waals surface area contributed by atoms with E-state index in [1.165, 1.54) is 11.3 Å². The van der Waals surface area contributed by atoms with E-state index < -0.39 is 0 Å². The highest BCUT2D eigenvalue weighted by Crippen LogP contribution is 2.30. The number of amides is 1. The minimum atomic E-state index is -0.253. The molecular formula is C21H22N2O4S. The van der Waals surface area contributed by atoms with Crippen LogP contribution >= 0.6 is 11.3 Å². The Bertz CT molecular complexity index is 913. The molecule has 1 aromatic heterocycles. The number of hydrogen-bond donors (Lipinski definition) is 1. The molecule has 146 valence electrons. The minimum absolute atomic E-state index is 0.253. The molecule has 28 heavy (non-hydrogen) atoms. The van der Waals surface area contributed by atoms with E-state index in [0.717, 1.165) is 12.1 Å². The lowest BCUT2D eigenvalue weighted by Gasteiger charge is -2.14. The molecule has 6 nitrogen and oxygen atoms in total. The maximum Gasteiger partial charge on any atom is 0.255 e. The van der Waals surface area contributed by atoms with Crippen LogP contribution in [0.1, 0.15) is 29.4 Å². The topological polar surface area (TPSA) is 69.7 Å². The van der Waals surface area contributed by atoms with E-state index in [0.29, 0.717) is 41.7 Å². The smallest absolute Gasteiger partial charge is 0.255 e. The van der Waals surface area contributed by atoms with Crippen molar-refractivity contribution in [3.8, 4) is 17.2 Å². The van der Waals surface area contributed by atoms with Gasteiger partial charge in [-0.1, -0.05) is 19.1 Å². The summed E-state index contributed by atoms with van der Waals surface area (Å²) in [6.45, 7) is 2.96. The average molecular weight is 398 g/mol. The number of nitrogens with one attached hydrogen (secondary N) is 1. The average Bonchev–Trinajstić information content (AvgIpc) is 3.25. The summed E-state index contributed by atoms with van der Waals surface area (Å²) in [6.07, 6.45) is 0.891. The number of rotatable bonds is 9. The number of benzene rings is 2. The van der Waals surface area contributed by atoms with Crippen LogP contribution in [0, 0.1) is 0 Å². The third kappa shape index (κ3) is 5.01. The highest BCUT2D eigenvalue weighted by atomic mass is 32.1. The first-order valence-electron chi connectivity index (χ1n) is 8.92. The number of nitrogens with zero attached hydrogens (tertiary/aromatic N) is 1. The molecule has 0 aliphatic rings. The Hall–Kier alpha value is -3.06. The quantitative estimate of drug-likeness (QED) is 0.562. The number of aromatic nitrogens is 1. The van der Waals surface area contributed by atoms with E-state index in [2.05, 4.69) is 10.3 Å². The monoisotopic (exact) mass is 398 g/mol. The Labute approximate surface area is 168 Å². The Morgan fingerprint density at radius 2 is 1.96 bits per heavy atom. The maximum absolute atomic E-state index is 12.7. The van der Waals surface area contributed by atoms with Gasteiger partial charge in [-0.3, -0.25) is 4.79 Å². The lowest BCUT2D eigenvalue weighted by molar-refractivity contribution is 0.102. The van der Waals surface area contributed by atoms with E-state index in [-0.39, 0.29) is 5.91 Å². The Morgan fingerprint density at radius 3 is 2.71 bits per heavy atom. The molecule has 0 fully saturated rings. The summed E-state index contributed by atoms with van der Waals surface area (Å²) in [5.74, 6) is 1.43. The van der Waals surface area contributed by atoms with Gasteiger partial charge in [-0.05, 0) is 36.8 Å². The summed E-state index contributed by atoms with van der Waals surface area (Å²) >= 11 is 1.51. The first-order chi connectivity index (χ1) is 13.7. The van der Waals surface area contributed by atoms with Crippen LogP contribution in [0.15, 0.2) is 53.4 Å². The first-order valence-corrected chi connectivity index (χ1v) is 9.86. The van der Waals surface area contributed by atoms with Crippen molar-refractivity contribution in [2.45, 2.75) is 20.0 Å². The number of anilines is 1. The van der Waals surface area contributed by atoms with Gasteiger partial charge in [0.1, 0.15) is 12.4 Å². The molecular weight excluding hydrogens is 376 g/mol. The van der Waals surface area contributed by atoms with E-state index >= 15 is 0 Å². The van der Waals surface area contributed by atoms with Gasteiger partial charge < -0.3 is 19.5 Å². The van der Waals surface area contributed by atoms with Gasteiger partial charge in [-0.15, -0.1) is 11.3 Å². The number of ether oxygens (including phenoxy) is 3. The molecule has 0 aliphatic heterocycles. The van der Waals surface area contributed by atoms with Gasteiger partial charge in [0, 0.05) is 10.9 Å². The van der Waals surface area contributed by atoms with E-state index in [9.17, 15) is 4.79 Å². The van der Waals surface area contributed by atoms with Crippen molar-refractivity contribution >= 4 is 22.9 Å². The minimum Gasteiger partial charge on any atom is -0.493 e. The highest BCUT2D eigenvalue weighted by Gasteiger charge is 2.14. The highest BCUT2D eigenvalue weighted by molar-refractivity contribution is 7.07. The van der Waals surface area contributed by atoms with Gasteiger partial charge in [0.25, 0.3) is 5.91 Å². The van der Waals surface area contributed by atoms with E-state index in [1.807, 2.05) is 36.6 Å². The van der Waals surface area contributed by atoms with Gasteiger partial charge in [-0.25, -0.2) is 4.98 Å². The fraction of sp³-hybridized carbons (Fsp3) is 0.238. The fourth-order valence-electron chi connectivity index (χ4n) is 2.49. The Kier molecular flexibility index (Phi) is 6.86. The molecule has 1 amide bonds. The van der Waals surface area contributed by atoms with Gasteiger partial charge in [0.05, 0.1) is 30.6 Å². The van der Waals surface area contributed by atoms with Gasteiger partial charge in [0.15, 0.2) is 11.5 Å². The van der Waals surface area contributed by atoms with Crippen LogP contribution in [-0.2, 0) is 6.61 Å². The summed E-state index contributed by atoms with van der Waals surface area (Å²) in [4.78, 5) is 16.9. The molecule has 7 heteroatoms. The second-order valence-corrected chi connectivity index (χ2v) is 6.65. The molecule has 1 heterocycles. The van der Waals surface area contributed by atoms with Crippen molar-refractivity contribution in [1.82, 2.24) is 4.98 Å². The lowest BCUT2D eigenvalue weighted by atomic mass is 10.1. The Morgan fingerprint density at radius 1 is 1.11 bits per heavy atom. The molecule has 2 aromatic carbocycles. The van der Waals surface area contributed by atoms with Crippen LogP contribution in [0.3, 0.4) is 0 Å². The predicted molar refractivity (Wildman–Crippen MR) is 110 cm³/mol. The summed E-state index contributed by atoms with van der Waals surface area (Å²) in [6, 6.07) is 12.4. The molecule has 0 unspecified atom stereocenters. The predicted octanol–water partition coefficient (Wildman–Crippen LogP) is 4.77. The SMILES string of the molecule is CCCOc1ccccc1NC(=O)c1ccc(OCc2cscn2)c(OC)c1. The zero-order chi connectivity index (χ0) is 19.8. The molecule has 0 radical (unpaired) electrons. The van der Waals surface area contributed by atoms with Crippen molar-refractivity contribution in [1.29, 1.82) is 0 Å². The van der Waals surface area contributed by atoms with Crippen LogP contribution in [0.4, 0.5) is 5.69 Å². The van der Waals surface area contributed by atoms with Crippen molar-refractivity contribution in [2.24, 2.45) is 0 Å². The molecule has 3 rings (SSSR count). The van der Waals surface area contributed by atoms with Crippen molar-refractivity contribution in [3.63, 3.8) is 0 Å². The zero-order valence-corrected chi connectivity index (χ0v) is 16.6. The molecule has 0 saturated heterocycles. The van der Waals surface area contributed by atoms with Crippen LogP contribution in [0.2, 0.25) is 0 Å². The summed E-state index contributed by atoms with van der Waals surface area (Å²) in [5, 5.41) is 4.81. The molecule has 1 N–H and O–H groups in total. The van der Waals surface area contributed by atoms with E-state index in [1.54, 1.807) is 30.8 Å². The lowest BCUT2D eigenvalue weighted by Crippen LogP contribution is -2.13. The molecule has 0 bridgehead atoms. The molecule has 3 aromatic rings. The normalized spacial score (nSPS) is 10.4. The van der Waals surface area contributed by atoms with Crippen molar-refractivity contribution in [3.05, 3.63) is 64.6 Å².